The third-order valence-electron chi connectivity index (χ3n) is 7.23. The van der Waals surface area contributed by atoms with E-state index in [0.29, 0.717) is 11.6 Å². The molecule has 2 unspecified atom stereocenters. The number of halogens is 2. The average Bonchev–Trinajstić information content (AvgIpc) is 2.85. The maximum Gasteiger partial charge on any atom is 0.230 e. The van der Waals surface area contributed by atoms with Crippen LogP contribution in [0.25, 0.3) is 0 Å². The fraction of sp³-hybridized carbons (Fsp3) is 0.345. The number of benzene rings is 3. The number of amides is 1. The van der Waals surface area contributed by atoms with Crippen molar-refractivity contribution < 1.29 is 4.79 Å². The molecule has 0 spiro atoms. The molecular weight excluding hydrogens is 449 g/mol. The Labute approximate surface area is 207 Å². The average molecular weight is 480 g/mol. The van der Waals surface area contributed by atoms with Gasteiger partial charge in [0.2, 0.25) is 5.91 Å². The zero-order valence-corrected chi connectivity index (χ0v) is 20.6. The standard InChI is InChI=1S/C29H31Cl2NO/c1-21(22-13-15-25(30)16-14-22)27(23-9-4-2-5-10-23)20-32-28(33)29(17-6-3-7-18-29)24-11-8-12-26(31)19-24/h2,4-5,8-16,19,21,27H,3,6-7,17-18,20H2,1H3,(H,32,33). The molecule has 2 atom stereocenters. The third kappa shape index (κ3) is 5.45. The molecule has 0 radical (unpaired) electrons. The molecular formula is C29H31Cl2NO. The summed E-state index contributed by atoms with van der Waals surface area (Å²) in [5, 5.41) is 4.78. The van der Waals surface area contributed by atoms with Crippen molar-refractivity contribution in [1.29, 1.82) is 0 Å². The van der Waals surface area contributed by atoms with Crippen molar-refractivity contribution in [2.45, 2.75) is 56.3 Å². The van der Waals surface area contributed by atoms with E-state index >= 15 is 0 Å². The predicted octanol–water partition coefficient (Wildman–Crippen LogP) is 7.90. The third-order valence-corrected chi connectivity index (χ3v) is 7.72. The van der Waals surface area contributed by atoms with Crippen LogP contribution in [-0.4, -0.2) is 12.5 Å². The van der Waals surface area contributed by atoms with Crippen LogP contribution >= 0.6 is 23.2 Å². The van der Waals surface area contributed by atoms with Gasteiger partial charge < -0.3 is 5.32 Å². The summed E-state index contributed by atoms with van der Waals surface area (Å²) in [6.45, 7) is 2.80. The van der Waals surface area contributed by atoms with Crippen molar-refractivity contribution in [3.05, 3.63) is 106 Å². The molecule has 1 saturated carbocycles. The number of rotatable bonds is 7. The van der Waals surface area contributed by atoms with Gasteiger partial charge in [0.1, 0.15) is 0 Å². The van der Waals surface area contributed by atoms with E-state index in [1.807, 2.05) is 36.4 Å². The number of hydrogen-bond donors (Lipinski definition) is 1. The number of nitrogens with one attached hydrogen (secondary N) is 1. The summed E-state index contributed by atoms with van der Waals surface area (Å²) in [6.07, 6.45) is 5.02. The van der Waals surface area contributed by atoms with E-state index in [-0.39, 0.29) is 17.7 Å². The van der Waals surface area contributed by atoms with Gasteiger partial charge in [-0.3, -0.25) is 4.79 Å². The lowest BCUT2D eigenvalue weighted by Gasteiger charge is -2.37. The van der Waals surface area contributed by atoms with Crippen molar-refractivity contribution in [1.82, 2.24) is 5.32 Å². The highest BCUT2D eigenvalue weighted by Gasteiger charge is 2.41. The van der Waals surface area contributed by atoms with Gasteiger partial charge in [-0.1, -0.05) is 104 Å². The first-order chi connectivity index (χ1) is 16.0. The smallest absolute Gasteiger partial charge is 0.230 e. The van der Waals surface area contributed by atoms with Gasteiger partial charge in [-0.05, 0) is 59.7 Å². The first-order valence-electron chi connectivity index (χ1n) is 11.8. The number of hydrogen-bond acceptors (Lipinski definition) is 1. The molecule has 4 heteroatoms. The lowest BCUT2D eigenvalue weighted by molar-refractivity contribution is -0.128. The Kier molecular flexibility index (Phi) is 7.78. The van der Waals surface area contributed by atoms with Crippen molar-refractivity contribution >= 4 is 29.1 Å². The second-order valence-corrected chi connectivity index (χ2v) is 10.1. The molecule has 3 aromatic rings. The second-order valence-electron chi connectivity index (χ2n) is 9.22. The highest BCUT2D eigenvalue weighted by Crippen LogP contribution is 2.41. The Hall–Kier alpha value is -2.29. The fourth-order valence-electron chi connectivity index (χ4n) is 5.24. The van der Waals surface area contributed by atoms with Gasteiger partial charge in [-0.15, -0.1) is 0 Å². The van der Waals surface area contributed by atoms with Crippen LogP contribution in [0.15, 0.2) is 78.9 Å². The van der Waals surface area contributed by atoms with E-state index in [4.69, 9.17) is 23.2 Å². The maximum atomic E-state index is 13.8. The maximum absolute atomic E-state index is 13.8. The predicted molar refractivity (Wildman–Crippen MR) is 138 cm³/mol. The Morgan fingerprint density at radius 2 is 1.55 bits per heavy atom. The van der Waals surface area contributed by atoms with E-state index in [0.717, 1.165) is 36.3 Å². The summed E-state index contributed by atoms with van der Waals surface area (Å²) in [4.78, 5) is 13.8. The van der Waals surface area contributed by atoms with Gasteiger partial charge in [0.05, 0.1) is 5.41 Å². The van der Waals surface area contributed by atoms with Gasteiger partial charge in [-0.25, -0.2) is 0 Å². The van der Waals surface area contributed by atoms with Crippen LogP contribution in [0.3, 0.4) is 0 Å². The Balaban J connectivity index is 1.59. The molecule has 4 rings (SSSR count). The lowest BCUT2D eigenvalue weighted by Crippen LogP contribution is -2.47. The minimum Gasteiger partial charge on any atom is -0.355 e. The number of carbonyl (C=O) groups is 1. The molecule has 0 heterocycles. The monoisotopic (exact) mass is 479 g/mol. The molecule has 0 aromatic heterocycles. The van der Waals surface area contributed by atoms with Gasteiger partial charge in [0, 0.05) is 22.5 Å². The molecule has 172 valence electrons. The van der Waals surface area contributed by atoms with Gasteiger partial charge in [0.15, 0.2) is 0 Å². The van der Waals surface area contributed by atoms with Gasteiger partial charge in [-0.2, -0.15) is 0 Å². The molecule has 3 aromatic carbocycles. The molecule has 1 aliphatic rings. The Morgan fingerprint density at radius 3 is 2.21 bits per heavy atom. The first kappa shape index (κ1) is 23.9. The van der Waals surface area contributed by atoms with E-state index in [1.54, 1.807) is 0 Å². The van der Waals surface area contributed by atoms with Crippen molar-refractivity contribution in [2.24, 2.45) is 0 Å². The lowest BCUT2D eigenvalue weighted by atomic mass is 9.68. The quantitative estimate of drug-likeness (QED) is 0.366. The SMILES string of the molecule is CC(c1ccc(Cl)cc1)C(CNC(=O)C1(c2cccc(Cl)c2)CCCCC1)c1ccccc1. The van der Waals surface area contributed by atoms with Crippen LogP contribution in [0, 0.1) is 0 Å². The summed E-state index contributed by atoms with van der Waals surface area (Å²) in [5.41, 5.74) is 2.97. The highest BCUT2D eigenvalue weighted by atomic mass is 35.5. The van der Waals surface area contributed by atoms with Crippen LogP contribution in [0.2, 0.25) is 10.0 Å². The zero-order valence-electron chi connectivity index (χ0n) is 19.1. The summed E-state index contributed by atoms with van der Waals surface area (Å²) < 4.78 is 0. The van der Waals surface area contributed by atoms with Gasteiger partial charge >= 0.3 is 0 Å². The Morgan fingerprint density at radius 1 is 0.848 bits per heavy atom. The second kappa shape index (κ2) is 10.8. The number of carbonyl (C=O) groups excluding carboxylic acids is 1. The molecule has 1 aliphatic carbocycles. The molecule has 1 amide bonds. The molecule has 2 nitrogen and oxygen atoms in total. The first-order valence-corrected chi connectivity index (χ1v) is 12.6. The van der Waals surface area contributed by atoms with Crippen LogP contribution < -0.4 is 5.32 Å². The van der Waals surface area contributed by atoms with Crippen LogP contribution in [-0.2, 0) is 10.2 Å². The van der Waals surface area contributed by atoms with E-state index in [2.05, 4.69) is 54.7 Å². The summed E-state index contributed by atoms with van der Waals surface area (Å²) in [5.74, 6) is 0.489. The van der Waals surface area contributed by atoms with Crippen molar-refractivity contribution in [2.75, 3.05) is 6.54 Å². The zero-order chi connectivity index (χ0) is 23.3. The summed E-state index contributed by atoms with van der Waals surface area (Å²) >= 11 is 12.4. The Bertz CT molecular complexity index is 1060. The normalized spacial score (nSPS) is 17.2. The van der Waals surface area contributed by atoms with Crippen LogP contribution in [0.4, 0.5) is 0 Å². The van der Waals surface area contributed by atoms with Crippen LogP contribution in [0.5, 0.6) is 0 Å². The summed E-state index contributed by atoms with van der Waals surface area (Å²) in [6, 6.07) is 26.3. The van der Waals surface area contributed by atoms with E-state index in [9.17, 15) is 4.79 Å². The summed E-state index contributed by atoms with van der Waals surface area (Å²) in [7, 11) is 0. The molecule has 0 saturated heterocycles. The topological polar surface area (TPSA) is 29.1 Å². The van der Waals surface area contributed by atoms with Gasteiger partial charge in [0.25, 0.3) is 0 Å². The minimum atomic E-state index is -0.506. The fourth-order valence-corrected chi connectivity index (χ4v) is 5.56. The molecule has 33 heavy (non-hydrogen) atoms. The largest absolute Gasteiger partial charge is 0.355 e. The molecule has 1 fully saturated rings. The molecule has 1 N–H and O–H groups in total. The van der Waals surface area contributed by atoms with E-state index < -0.39 is 5.41 Å². The minimum absolute atomic E-state index is 0.119. The molecule has 0 aliphatic heterocycles. The van der Waals surface area contributed by atoms with Crippen molar-refractivity contribution in [3.8, 4) is 0 Å². The highest BCUT2D eigenvalue weighted by molar-refractivity contribution is 6.30. The molecule has 0 bridgehead atoms. The van der Waals surface area contributed by atoms with Crippen molar-refractivity contribution in [3.63, 3.8) is 0 Å². The van der Waals surface area contributed by atoms with Crippen LogP contribution in [0.1, 0.15) is 67.6 Å². The van der Waals surface area contributed by atoms with E-state index in [1.165, 1.54) is 17.5 Å².